The van der Waals surface area contributed by atoms with Gasteiger partial charge in [-0.15, -0.1) is 0 Å². The number of benzene rings is 1. The zero-order chi connectivity index (χ0) is 20.3. The van der Waals surface area contributed by atoms with Crippen molar-refractivity contribution in [2.45, 2.75) is 37.8 Å². The molecular formula is C23H27N5O2. The molecule has 2 fully saturated rings. The van der Waals surface area contributed by atoms with Crippen LogP contribution in [0.2, 0.25) is 0 Å². The van der Waals surface area contributed by atoms with Crippen LogP contribution in [0.25, 0.3) is 10.9 Å². The molecule has 3 aromatic rings. The van der Waals surface area contributed by atoms with E-state index in [0.29, 0.717) is 17.8 Å². The molecule has 1 aromatic carbocycles. The third-order valence-electron chi connectivity index (χ3n) is 6.14. The minimum absolute atomic E-state index is 0.133. The summed E-state index contributed by atoms with van der Waals surface area (Å²) in [5.74, 6) is 2.74. The quantitative estimate of drug-likeness (QED) is 0.651. The number of aliphatic hydroxyl groups excluding tert-OH is 1. The van der Waals surface area contributed by atoms with Crippen molar-refractivity contribution in [2.24, 2.45) is 5.92 Å². The second kappa shape index (κ2) is 8.44. The van der Waals surface area contributed by atoms with Crippen LogP contribution in [0.4, 0.5) is 11.6 Å². The summed E-state index contributed by atoms with van der Waals surface area (Å²) in [6.07, 6.45) is 7.31. The van der Waals surface area contributed by atoms with Gasteiger partial charge < -0.3 is 20.1 Å². The lowest BCUT2D eigenvalue weighted by atomic mass is 9.89. The summed E-state index contributed by atoms with van der Waals surface area (Å²) in [5.41, 5.74) is 1.00. The van der Waals surface area contributed by atoms with Gasteiger partial charge in [0.15, 0.2) is 5.82 Å². The number of para-hydroxylation sites is 1. The zero-order valence-electron chi connectivity index (χ0n) is 16.9. The lowest BCUT2D eigenvalue weighted by Gasteiger charge is -2.37. The number of nitrogens with zero attached hydrogens (tertiary/aromatic N) is 4. The van der Waals surface area contributed by atoms with Gasteiger partial charge in [0.05, 0.1) is 5.52 Å². The van der Waals surface area contributed by atoms with Crippen LogP contribution in [-0.2, 0) is 0 Å². The SMILES string of the molecule is OCC1CCN(c2nccnc2O[C@H]2C[C@@H](Nc3ccc4ccccc4n3)C2)CC1. The van der Waals surface area contributed by atoms with E-state index in [0.717, 1.165) is 61.3 Å². The summed E-state index contributed by atoms with van der Waals surface area (Å²) in [4.78, 5) is 15.9. The van der Waals surface area contributed by atoms with Crippen molar-refractivity contribution in [3.8, 4) is 5.88 Å². The van der Waals surface area contributed by atoms with Crippen molar-refractivity contribution < 1.29 is 9.84 Å². The molecule has 2 aromatic heterocycles. The molecule has 0 radical (unpaired) electrons. The van der Waals surface area contributed by atoms with Crippen molar-refractivity contribution in [2.75, 3.05) is 29.9 Å². The number of hydrogen-bond acceptors (Lipinski definition) is 7. The van der Waals surface area contributed by atoms with E-state index in [1.54, 1.807) is 12.4 Å². The third-order valence-corrected chi connectivity index (χ3v) is 6.14. The first-order valence-electron chi connectivity index (χ1n) is 10.7. The van der Waals surface area contributed by atoms with Crippen molar-refractivity contribution >= 4 is 22.5 Å². The van der Waals surface area contributed by atoms with E-state index in [9.17, 15) is 5.11 Å². The number of aromatic nitrogens is 3. The Labute approximate surface area is 176 Å². The van der Waals surface area contributed by atoms with E-state index in [4.69, 9.17) is 9.72 Å². The molecule has 30 heavy (non-hydrogen) atoms. The van der Waals surface area contributed by atoms with Gasteiger partial charge in [0.1, 0.15) is 11.9 Å². The van der Waals surface area contributed by atoms with E-state index in [1.807, 2.05) is 24.3 Å². The zero-order valence-corrected chi connectivity index (χ0v) is 16.9. The molecule has 0 bridgehead atoms. The molecule has 156 valence electrons. The molecule has 7 nitrogen and oxygen atoms in total. The summed E-state index contributed by atoms with van der Waals surface area (Å²) < 4.78 is 6.20. The van der Waals surface area contributed by atoms with Gasteiger partial charge >= 0.3 is 0 Å². The Balaban J connectivity index is 1.17. The van der Waals surface area contributed by atoms with Gasteiger partial charge in [-0.05, 0) is 37.0 Å². The van der Waals surface area contributed by atoms with Crippen LogP contribution in [0.5, 0.6) is 5.88 Å². The lowest BCUT2D eigenvalue weighted by molar-refractivity contribution is 0.102. The number of piperidine rings is 1. The number of ether oxygens (including phenoxy) is 1. The fraction of sp³-hybridized carbons (Fsp3) is 0.435. The van der Waals surface area contributed by atoms with Crippen molar-refractivity contribution in [1.82, 2.24) is 15.0 Å². The van der Waals surface area contributed by atoms with E-state index in [1.165, 1.54) is 0 Å². The number of anilines is 2. The van der Waals surface area contributed by atoms with Gasteiger partial charge in [-0.3, -0.25) is 0 Å². The van der Waals surface area contributed by atoms with Crippen LogP contribution in [0, 0.1) is 5.92 Å². The molecule has 0 unspecified atom stereocenters. The maximum Gasteiger partial charge on any atom is 0.257 e. The number of aliphatic hydroxyl groups is 1. The van der Waals surface area contributed by atoms with Crippen LogP contribution in [0.3, 0.4) is 0 Å². The highest BCUT2D eigenvalue weighted by Crippen LogP contribution is 2.33. The minimum Gasteiger partial charge on any atom is -0.472 e. The van der Waals surface area contributed by atoms with E-state index < -0.39 is 0 Å². The highest BCUT2D eigenvalue weighted by molar-refractivity contribution is 5.80. The summed E-state index contributed by atoms with van der Waals surface area (Å²) >= 11 is 0. The van der Waals surface area contributed by atoms with Crippen LogP contribution < -0.4 is 15.0 Å². The van der Waals surface area contributed by atoms with E-state index in [-0.39, 0.29) is 12.7 Å². The van der Waals surface area contributed by atoms with Crippen LogP contribution in [0.1, 0.15) is 25.7 Å². The van der Waals surface area contributed by atoms with Gasteiger partial charge in [0, 0.05) is 56.4 Å². The molecule has 1 saturated heterocycles. The molecule has 0 amide bonds. The molecule has 0 spiro atoms. The first-order valence-corrected chi connectivity index (χ1v) is 10.7. The molecule has 7 heteroatoms. The minimum atomic E-state index is 0.133. The third kappa shape index (κ3) is 4.03. The summed E-state index contributed by atoms with van der Waals surface area (Å²) in [5, 5.41) is 14.0. The van der Waals surface area contributed by atoms with E-state index >= 15 is 0 Å². The fourth-order valence-corrected chi connectivity index (χ4v) is 4.24. The number of fused-ring (bicyclic) bond motifs is 1. The standard InChI is InChI=1S/C23H27N5O2/c29-15-16-7-11-28(12-8-16)22-23(25-10-9-24-22)30-19-13-18(14-19)26-21-6-5-17-3-1-2-4-20(17)27-21/h1-6,9-10,16,18-19,29H,7-8,11-15H2,(H,26,27)/t18-,19+. The maximum atomic E-state index is 9.36. The van der Waals surface area contributed by atoms with Gasteiger partial charge in [-0.1, -0.05) is 18.2 Å². The first kappa shape index (κ1) is 19.1. The highest BCUT2D eigenvalue weighted by Gasteiger charge is 2.33. The summed E-state index contributed by atoms with van der Waals surface area (Å²) in [6, 6.07) is 12.6. The second-order valence-electron chi connectivity index (χ2n) is 8.24. The Morgan fingerprint density at radius 2 is 1.83 bits per heavy atom. The molecule has 2 N–H and O–H groups in total. The van der Waals surface area contributed by atoms with Gasteiger partial charge in [-0.2, -0.15) is 0 Å². The average Bonchev–Trinajstić information content (AvgIpc) is 2.78. The van der Waals surface area contributed by atoms with Crippen molar-refractivity contribution in [1.29, 1.82) is 0 Å². The van der Waals surface area contributed by atoms with Crippen LogP contribution in [0.15, 0.2) is 48.8 Å². The van der Waals surface area contributed by atoms with Crippen molar-refractivity contribution in [3.05, 3.63) is 48.8 Å². The smallest absolute Gasteiger partial charge is 0.257 e. The molecule has 5 rings (SSSR count). The Kier molecular flexibility index (Phi) is 5.36. The van der Waals surface area contributed by atoms with E-state index in [2.05, 4.69) is 32.3 Å². The predicted molar refractivity (Wildman–Crippen MR) is 117 cm³/mol. The Morgan fingerprint density at radius 1 is 1.03 bits per heavy atom. The first-order chi connectivity index (χ1) is 14.8. The van der Waals surface area contributed by atoms with Gasteiger partial charge in [0.2, 0.25) is 0 Å². The molecule has 1 saturated carbocycles. The number of rotatable bonds is 6. The Hall–Kier alpha value is -2.93. The number of nitrogens with one attached hydrogen (secondary N) is 1. The van der Waals surface area contributed by atoms with Gasteiger partial charge in [0.25, 0.3) is 5.88 Å². The molecule has 1 aliphatic heterocycles. The number of pyridine rings is 1. The predicted octanol–water partition coefficient (Wildman–Crippen LogP) is 3.26. The van der Waals surface area contributed by atoms with Crippen LogP contribution >= 0.6 is 0 Å². The molecule has 0 atom stereocenters. The fourth-order valence-electron chi connectivity index (χ4n) is 4.24. The topological polar surface area (TPSA) is 83.4 Å². The Bertz CT molecular complexity index is 1000. The largest absolute Gasteiger partial charge is 0.472 e. The Morgan fingerprint density at radius 3 is 2.67 bits per heavy atom. The average molecular weight is 406 g/mol. The number of hydrogen-bond donors (Lipinski definition) is 2. The highest BCUT2D eigenvalue weighted by atomic mass is 16.5. The molecule has 2 aliphatic rings. The van der Waals surface area contributed by atoms with Gasteiger partial charge in [-0.25, -0.2) is 15.0 Å². The monoisotopic (exact) mass is 405 g/mol. The molecule has 1 aliphatic carbocycles. The van der Waals surface area contributed by atoms with Crippen molar-refractivity contribution in [3.63, 3.8) is 0 Å². The molecular weight excluding hydrogens is 378 g/mol. The second-order valence-corrected chi connectivity index (χ2v) is 8.24. The lowest BCUT2D eigenvalue weighted by Crippen LogP contribution is -2.43. The van der Waals surface area contributed by atoms with Crippen LogP contribution in [-0.4, -0.2) is 51.9 Å². The summed E-state index contributed by atoms with van der Waals surface area (Å²) in [7, 11) is 0. The summed E-state index contributed by atoms with van der Waals surface area (Å²) in [6.45, 7) is 2.02. The normalized spacial score (nSPS) is 22.0. The maximum absolute atomic E-state index is 9.36. The molecule has 3 heterocycles.